The predicted octanol–water partition coefficient (Wildman–Crippen LogP) is 2.48. The lowest BCUT2D eigenvalue weighted by atomic mass is 10.4. The predicted molar refractivity (Wildman–Crippen MR) is 52.7 cm³/mol. The van der Waals surface area contributed by atoms with Crippen molar-refractivity contribution in [3.05, 3.63) is 22.0 Å². The zero-order valence-corrected chi connectivity index (χ0v) is 8.54. The summed E-state index contributed by atoms with van der Waals surface area (Å²) in [5.41, 5.74) is 0. The minimum Gasteiger partial charge on any atom is -0.492 e. The molecule has 0 N–H and O–H groups in total. The molecule has 0 fully saturated rings. The molecule has 2 nitrogen and oxygen atoms in total. The highest BCUT2D eigenvalue weighted by Gasteiger charge is 1.91. The zero-order chi connectivity index (χ0) is 8.10. The number of hydrogen-bond donors (Lipinski definition) is 0. The van der Waals surface area contributed by atoms with Gasteiger partial charge in [-0.25, -0.2) is 4.98 Å². The number of nitrogens with zero attached hydrogens (tertiary/aromatic N) is 1. The second-order valence-corrected chi connectivity index (χ2v) is 3.27. The fraction of sp³-hybridized carbons (Fsp3) is 0.375. The maximum absolute atomic E-state index is 5.34. The maximum atomic E-state index is 5.34. The van der Waals surface area contributed by atoms with Gasteiger partial charge in [0.1, 0.15) is 9.45 Å². The molecule has 0 amide bonds. The van der Waals surface area contributed by atoms with Crippen LogP contribution in [0.3, 0.4) is 0 Å². The molecule has 0 saturated heterocycles. The average molecular weight is 263 g/mol. The molecule has 3 heteroatoms. The van der Waals surface area contributed by atoms with Gasteiger partial charge in [-0.1, -0.05) is 6.92 Å². The SMILES string of the molecule is CCCOc1ccc(I)nc1. The van der Waals surface area contributed by atoms with E-state index in [1.54, 1.807) is 6.20 Å². The normalized spacial score (nSPS) is 9.64. The van der Waals surface area contributed by atoms with E-state index in [4.69, 9.17) is 4.74 Å². The summed E-state index contributed by atoms with van der Waals surface area (Å²) in [5.74, 6) is 0.854. The van der Waals surface area contributed by atoms with Gasteiger partial charge >= 0.3 is 0 Å². The molecular formula is C8H10INO. The van der Waals surface area contributed by atoms with Crippen LogP contribution in [0.25, 0.3) is 0 Å². The Morgan fingerprint density at radius 3 is 2.91 bits per heavy atom. The Morgan fingerprint density at radius 1 is 1.55 bits per heavy atom. The smallest absolute Gasteiger partial charge is 0.137 e. The summed E-state index contributed by atoms with van der Waals surface area (Å²) in [6.07, 6.45) is 2.78. The van der Waals surface area contributed by atoms with Gasteiger partial charge in [0, 0.05) is 0 Å². The summed E-state index contributed by atoms with van der Waals surface area (Å²) in [6.45, 7) is 2.85. The molecule has 0 saturated carbocycles. The van der Waals surface area contributed by atoms with Crippen LogP contribution in [-0.2, 0) is 0 Å². The van der Waals surface area contributed by atoms with Crippen LogP contribution in [0.5, 0.6) is 5.75 Å². The van der Waals surface area contributed by atoms with E-state index in [9.17, 15) is 0 Å². The van der Waals surface area contributed by atoms with Gasteiger partial charge in [0.05, 0.1) is 12.8 Å². The first-order valence-corrected chi connectivity index (χ1v) is 4.65. The molecule has 0 spiro atoms. The van der Waals surface area contributed by atoms with Gasteiger partial charge in [-0.15, -0.1) is 0 Å². The second-order valence-electron chi connectivity index (χ2n) is 2.17. The van der Waals surface area contributed by atoms with Crippen molar-refractivity contribution in [2.24, 2.45) is 0 Å². The molecule has 0 radical (unpaired) electrons. The van der Waals surface area contributed by atoms with Crippen molar-refractivity contribution in [2.75, 3.05) is 6.61 Å². The van der Waals surface area contributed by atoms with E-state index in [1.807, 2.05) is 12.1 Å². The van der Waals surface area contributed by atoms with Gasteiger partial charge in [0.2, 0.25) is 0 Å². The van der Waals surface area contributed by atoms with Crippen LogP contribution in [0.2, 0.25) is 0 Å². The summed E-state index contributed by atoms with van der Waals surface area (Å²) < 4.78 is 6.34. The largest absolute Gasteiger partial charge is 0.492 e. The number of hydrogen-bond acceptors (Lipinski definition) is 2. The number of pyridine rings is 1. The lowest BCUT2D eigenvalue weighted by molar-refractivity contribution is 0.316. The molecule has 1 aromatic heterocycles. The Balaban J connectivity index is 2.52. The fourth-order valence-corrected chi connectivity index (χ4v) is 0.987. The molecule has 60 valence electrons. The Bertz CT molecular complexity index is 210. The van der Waals surface area contributed by atoms with Crippen LogP contribution in [0.1, 0.15) is 13.3 Å². The lowest BCUT2D eigenvalue weighted by Gasteiger charge is -2.02. The first-order chi connectivity index (χ1) is 5.33. The highest BCUT2D eigenvalue weighted by atomic mass is 127. The van der Waals surface area contributed by atoms with Gasteiger partial charge in [0.25, 0.3) is 0 Å². The van der Waals surface area contributed by atoms with Crippen molar-refractivity contribution in [2.45, 2.75) is 13.3 Å². The van der Waals surface area contributed by atoms with Gasteiger partial charge in [-0.2, -0.15) is 0 Å². The summed E-state index contributed by atoms with van der Waals surface area (Å²) in [4.78, 5) is 4.09. The molecule has 1 rings (SSSR count). The quantitative estimate of drug-likeness (QED) is 0.617. The Hall–Kier alpha value is -0.320. The third-order valence-electron chi connectivity index (χ3n) is 1.17. The molecular weight excluding hydrogens is 253 g/mol. The van der Waals surface area contributed by atoms with Crippen molar-refractivity contribution in [1.82, 2.24) is 4.98 Å². The van der Waals surface area contributed by atoms with Crippen molar-refractivity contribution >= 4 is 22.6 Å². The standard InChI is InChI=1S/C8H10INO/c1-2-5-11-7-3-4-8(9)10-6-7/h3-4,6H,2,5H2,1H3. The third kappa shape index (κ3) is 3.05. The van der Waals surface area contributed by atoms with Crippen molar-refractivity contribution in [1.29, 1.82) is 0 Å². The van der Waals surface area contributed by atoms with Crippen LogP contribution in [0, 0.1) is 3.70 Å². The minimum absolute atomic E-state index is 0.766. The van der Waals surface area contributed by atoms with Gasteiger partial charge in [0.15, 0.2) is 0 Å². The third-order valence-corrected chi connectivity index (χ3v) is 1.81. The molecule has 0 aliphatic rings. The summed E-state index contributed by atoms with van der Waals surface area (Å²) >= 11 is 2.17. The topological polar surface area (TPSA) is 22.1 Å². The molecule has 0 aliphatic carbocycles. The molecule has 0 bridgehead atoms. The summed E-state index contributed by atoms with van der Waals surface area (Å²) in [6, 6.07) is 3.87. The van der Waals surface area contributed by atoms with Crippen molar-refractivity contribution < 1.29 is 4.74 Å². The van der Waals surface area contributed by atoms with Crippen molar-refractivity contribution in [3.63, 3.8) is 0 Å². The van der Waals surface area contributed by atoms with E-state index in [2.05, 4.69) is 34.5 Å². The van der Waals surface area contributed by atoms with Crippen molar-refractivity contribution in [3.8, 4) is 5.75 Å². The highest BCUT2D eigenvalue weighted by Crippen LogP contribution is 2.10. The second kappa shape index (κ2) is 4.54. The lowest BCUT2D eigenvalue weighted by Crippen LogP contribution is -1.95. The van der Waals surface area contributed by atoms with E-state index in [1.165, 1.54) is 0 Å². The zero-order valence-electron chi connectivity index (χ0n) is 6.38. The molecule has 1 heterocycles. The van der Waals surface area contributed by atoms with Crippen LogP contribution < -0.4 is 4.74 Å². The number of halogens is 1. The monoisotopic (exact) mass is 263 g/mol. The van der Waals surface area contributed by atoms with Crippen LogP contribution >= 0.6 is 22.6 Å². The number of rotatable bonds is 3. The Morgan fingerprint density at radius 2 is 2.36 bits per heavy atom. The van der Waals surface area contributed by atoms with Gasteiger partial charge < -0.3 is 4.74 Å². The van der Waals surface area contributed by atoms with E-state index in [0.717, 1.165) is 22.5 Å². The van der Waals surface area contributed by atoms with E-state index in [-0.39, 0.29) is 0 Å². The van der Waals surface area contributed by atoms with Crippen LogP contribution in [0.15, 0.2) is 18.3 Å². The molecule has 11 heavy (non-hydrogen) atoms. The molecule has 1 aromatic rings. The van der Waals surface area contributed by atoms with Gasteiger partial charge in [-0.05, 0) is 41.1 Å². The molecule has 0 unspecified atom stereocenters. The maximum Gasteiger partial charge on any atom is 0.137 e. The first-order valence-electron chi connectivity index (χ1n) is 3.57. The van der Waals surface area contributed by atoms with E-state index in [0.29, 0.717) is 0 Å². The van der Waals surface area contributed by atoms with E-state index >= 15 is 0 Å². The van der Waals surface area contributed by atoms with E-state index < -0.39 is 0 Å². The highest BCUT2D eigenvalue weighted by molar-refractivity contribution is 14.1. The molecule has 0 aromatic carbocycles. The summed E-state index contributed by atoms with van der Waals surface area (Å²) in [7, 11) is 0. The summed E-state index contributed by atoms with van der Waals surface area (Å²) in [5, 5.41) is 0. The Labute approximate surface area is 80.1 Å². The number of ether oxygens (including phenoxy) is 1. The van der Waals surface area contributed by atoms with Gasteiger partial charge in [-0.3, -0.25) is 0 Å². The van der Waals surface area contributed by atoms with Crippen LogP contribution in [-0.4, -0.2) is 11.6 Å². The Kier molecular flexibility index (Phi) is 3.62. The van der Waals surface area contributed by atoms with Crippen LogP contribution in [0.4, 0.5) is 0 Å². The molecule has 0 aliphatic heterocycles. The number of aromatic nitrogens is 1. The average Bonchev–Trinajstić information content (AvgIpc) is 2.04. The molecule has 0 atom stereocenters. The fourth-order valence-electron chi connectivity index (χ4n) is 0.668. The minimum atomic E-state index is 0.766. The first kappa shape index (κ1) is 8.77.